The van der Waals surface area contributed by atoms with Crippen molar-refractivity contribution in [1.29, 1.82) is 0 Å². The zero-order chi connectivity index (χ0) is 13.0. The highest BCUT2D eigenvalue weighted by Gasteiger charge is 2.23. The van der Waals surface area contributed by atoms with E-state index in [1.807, 2.05) is 0 Å². The molecule has 0 amide bonds. The molecular formula is C14H19FO3. The van der Waals surface area contributed by atoms with Crippen molar-refractivity contribution in [3.63, 3.8) is 0 Å². The van der Waals surface area contributed by atoms with Gasteiger partial charge in [-0.05, 0) is 37.0 Å². The summed E-state index contributed by atoms with van der Waals surface area (Å²) in [5, 5.41) is 9.03. The van der Waals surface area contributed by atoms with Gasteiger partial charge in [-0.2, -0.15) is 0 Å². The van der Waals surface area contributed by atoms with Crippen LogP contribution >= 0.6 is 0 Å². The van der Waals surface area contributed by atoms with Crippen molar-refractivity contribution in [3.8, 4) is 5.75 Å². The molecule has 2 unspecified atom stereocenters. The highest BCUT2D eigenvalue weighted by Crippen LogP contribution is 2.26. The molecule has 1 saturated carbocycles. The standard InChI is InChI=1S/C14H19FO3/c1-17-12-3-2-4-13(8-12)18-14-6-10(9-16)5-11(15)7-14/h5-7,12-13,16H,2-4,8-9H2,1H3. The molecule has 1 aromatic carbocycles. The molecule has 0 heterocycles. The number of halogens is 1. The number of aliphatic hydroxyl groups excluding tert-OH is 1. The van der Waals surface area contributed by atoms with E-state index in [1.165, 1.54) is 12.1 Å². The molecule has 1 aromatic rings. The minimum absolute atomic E-state index is 0.0667. The number of aliphatic hydroxyl groups is 1. The van der Waals surface area contributed by atoms with Gasteiger partial charge in [0.1, 0.15) is 17.7 Å². The van der Waals surface area contributed by atoms with E-state index in [0.29, 0.717) is 11.3 Å². The highest BCUT2D eigenvalue weighted by molar-refractivity contribution is 5.29. The summed E-state index contributed by atoms with van der Waals surface area (Å²) in [6.07, 6.45) is 4.21. The average molecular weight is 254 g/mol. The minimum Gasteiger partial charge on any atom is -0.490 e. The summed E-state index contributed by atoms with van der Waals surface area (Å²) in [5.41, 5.74) is 0.532. The third kappa shape index (κ3) is 3.43. The first-order valence-corrected chi connectivity index (χ1v) is 6.31. The Morgan fingerprint density at radius 3 is 2.78 bits per heavy atom. The third-order valence-electron chi connectivity index (χ3n) is 3.33. The molecule has 4 heteroatoms. The van der Waals surface area contributed by atoms with Crippen LogP contribution in [0.5, 0.6) is 5.75 Å². The first-order valence-electron chi connectivity index (χ1n) is 6.31. The Labute approximate surface area is 107 Å². The molecule has 1 aliphatic carbocycles. The summed E-state index contributed by atoms with van der Waals surface area (Å²) in [6.45, 7) is -0.181. The van der Waals surface area contributed by atoms with E-state index >= 15 is 0 Å². The number of hydrogen-bond acceptors (Lipinski definition) is 3. The van der Waals surface area contributed by atoms with E-state index in [2.05, 4.69) is 0 Å². The van der Waals surface area contributed by atoms with Gasteiger partial charge in [-0.15, -0.1) is 0 Å². The van der Waals surface area contributed by atoms with Gasteiger partial charge in [0, 0.05) is 19.6 Å². The van der Waals surface area contributed by atoms with Crippen molar-refractivity contribution in [2.24, 2.45) is 0 Å². The molecule has 0 saturated heterocycles. The number of benzene rings is 1. The minimum atomic E-state index is -0.379. The van der Waals surface area contributed by atoms with Gasteiger partial charge in [-0.25, -0.2) is 4.39 Å². The van der Waals surface area contributed by atoms with Crippen LogP contribution in [0.25, 0.3) is 0 Å². The van der Waals surface area contributed by atoms with Gasteiger partial charge in [0.25, 0.3) is 0 Å². The molecule has 0 aromatic heterocycles. The van der Waals surface area contributed by atoms with Crippen LogP contribution in [0.3, 0.4) is 0 Å². The number of methoxy groups -OCH3 is 1. The maximum Gasteiger partial charge on any atom is 0.127 e. The molecule has 2 atom stereocenters. The molecule has 2 rings (SSSR count). The lowest BCUT2D eigenvalue weighted by Crippen LogP contribution is -2.29. The van der Waals surface area contributed by atoms with Crippen LogP contribution in [-0.4, -0.2) is 24.4 Å². The molecule has 0 radical (unpaired) electrons. The normalized spacial score (nSPS) is 23.9. The van der Waals surface area contributed by atoms with Gasteiger partial charge >= 0.3 is 0 Å². The molecule has 3 nitrogen and oxygen atoms in total. The molecule has 0 bridgehead atoms. The maximum atomic E-state index is 13.3. The summed E-state index contributed by atoms with van der Waals surface area (Å²) in [7, 11) is 1.71. The quantitative estimate of drug-likeness (QED) is 0.897. The Morgan fingerprint density at radius 2 is 2.06 bits per heavy atom. The summed E-state index contributed by atoms with van der Waals surface area (Å²) in [5.74, 6) is 0.108. The Morgan fingerprint density at radius 1 is 1.28 bits per heavy atom. The van der Waals surface area contributed by atoms with Crippen molar-refractivity contribution in [3.05, 3.63) is 29.6 Å². The van der Waals surface area contributed by atoms with E-state index in [1.54, 1.807) is 13.2 Å². The van der Waals surface area contributed by atoms with Crippen LogP contribution in [-0.2, 0) is 11.3 Å². The lowest BCUT2D eigenvalue weighted by molar-refractivity contribution is 0.0208. The van der Waals surface area contributed by atoms with Gasteiger partial charge in [0.2, 0.25) is 0 Å². The molecule has 1 aliphatic rings. The first-order chi connectivity index (χ1) is 8.71. The Hall–Kier alpha value is -1.13. The third-order valence-corrected chi connectivity index (χ3v) is 3.33. The average Bonchev–Trinajstić information content (AvgIpc) is 2.38. The second kappa shape index (κ2) is 6.16. The van der Waals surface area contributed by atoms with Crippen LogP contribution in [0, 0.1) is 5.82 Å². The van der Waals surface area contributed by atoms with Gasteiger partial charge in [-0.3, -0.25) is 0 Å². The smallest absolute Gasteiger partial charge is 0.127 e. The zero-order valence-corrected chi connectivity index (χ0v) is 10.6. The summed E-state index contributed by atoms with van der Waals surface area (Å²) in [6, 6.07) is 4.35. The molecule has 0 spiro atoms. The monoisotopic (exact) mass is 254 g/mol. The van der Waals surface area contributed by atoms with E-state index in [4.69, 9.17) is 14.6 Å². The number of ether oxygens (including phenoxy) is 2. The molecule has 1 fully saturated rings. The fraction of sp³-hybridized carbons (Fsp3) is 0.571. The Bertz CT molecular complexity index is 395. The first kappa shape index (κ1) is 13.3. The van der Waals surface area contributed by atoms with Crippen molar-refractivity contribution in [2.75, 3.05) is 7.11 Å². The molecule has 100 valence electrons. The number of rotatable bonds is 4. The predicted octanol–water partition coefficient (Wildman–Crippen LogP) is 2.65. The van der Waals surface area contributed by atoms with E-state index < -0.39 is 0 Å². The van der Waals surface area contributed by atoms with Crippen molar-refractivity contribution >= 4 is 0 Å². The number of hydrogen-bond donors (Lipinski definition) is 1. The lowest BCUT2D eigenvalue weighted by Gasteiger charge is -2.28. The lowest BCUT2D eigenvalue weighted by atomic mass is 9.95. The Balaban J connectivity index is 2.02. The topological polar surface area (TPSA) is 38.7 Å². The van der Waals surface area contributed by atoms with Crippen molar-refractivity contribution < 1.29 is 19.0 Å². The van der Waals surface area contributed by atoms with Crippen LogP contribution in [0.4, 0.5) is 4.39 Å². The summed E-state index contributed by atoms with van der Waals surface area (Å²) < 4.78 is 24.4. The van der Waals surface area contributed by atoms with E-state index in [9.17, 15) is 4.39 Å². The zero-order valence-electron chi connectivity index (χ0n) is 10.6. The molecular weight excluding hydrogens is 235 g/mol. The van der Waals surface area contributed by atoms with Gasteiger partial charge in [-0.1, -0.05) is 0 Å². The van der Waals surface area contributed by atoms with Crippen LogP contribution in [0.1, 0.15) is 31.2 Å². The van der Waals surface area contributed by atoms with Crippen molar-refractivity contribution in [2.45, 2.75) is 44.5 Å². The molecule has 0 aliphatic heterocycles. The Kier molecular flexibility index (Phi) is 4.55. The van der Waals surface area contributed by atoms with E-state index in [0.717, 1.165) is 25.7 Å². The summed E-state index contributed by atoms with van der Waals surface area (Å²) in [4.78, 5) is 0. The SMILES string of the molecule is COC1CCCC(Oc2cc(F)cc(CO)c2)C1. The van der Waals surface area contributed by atoms with Crippen LogP contribution in [0.2, 0.25) is 0 Å². The van der Waals surface area contributed by atoms with Gasteiger partial charge in [0.05, 0.1) is 12.7 Å². The van der Waals surface area contributed by atoms with Gasteiger partial charge < -0.3 is 14.6 Å². The molecule has 18 heavy (non-hydrogen) atoms. The van der Waals surface area contributed by atoms with Crippen LogP contribution in [0.15, 0.2) is 18.2 Å². The fourth-order valence-electron chi connectivity index (χ4n) is 2.40. The predicted molar refractivity (Wildman–Crippen MR) is 66.0 cm³/mol. The van der Waals surface area contributed by atoms with Gasteiger partial charge in [0.15, 0.2) is 0 Å². The second-order valence-electron chi connectivity index (χ2n) is 4.72. The van der Waals surface area contributed by atoms with E-state index in [-0.39, 0.29) is 24.6 Å². The van der Waals surface area contributed by atoms with Crippen molar-refractivity contribution in [1.82, 2.24) is 0 Å². The van der Waals surface area contributed by atoms with Crippen LogP contribution < -0.4 is 4.74 Å². The largest absolute Gasteiger partial charge is 0.490 e. The summed E-state index contributed by atoms with van der Waals surface area (Å²) >= 11 is 0. The maximum absolute atomic E-state index is 13.3. The highest BCUT2D eigenvalue weighted by atomic mass is 19.1. The second-order valence-corrected chi connectivity index (χ2v) is 4.72. The molecule has 1 N–H and O–H groups in total. The fourth-order valence-corrected chi connectivity index (χ4v) is 2.40.